The largest absolute Gasteiger partial charge is 0.464 e. The number of rotatable bonds is 19. The van der Waals surface area contributed by atoms with Gasteiger partial charge in [-0.3, -0.25) is 0 Å². The standard InChI is InChI=1S/C23H43NO4/c1-4-6-7-8-9-10-11-12-13-14-15-16-17-18-20-27-22(25)21(3)24-23(26)28-19-5-2/h5,21H,2,4,6-20H2,1,3H3,(H,24,26)/t21-/m0/s1. The molecule has 0 heterocycles. The number of carbonyl (C=O) groups is 2. The molecule has 0 aromatic carbocycles. The van der Waals surface area contributed by atoms with Gasteiger partial charge in [-0.2, -0.15) is 0 Å². The summed E-state index contributed by atoms with van der Waals surface area (Å²) in [7, 11) is 0. The van der Waals surface area contributed by atoms with Gasteiger partial charge in [-0.25, -0.2) is 9.59 Å². The van der Waals surface area contributed by atoms with Gasteiger partial charge in [0.2, 0.25) is 0 Å². The van der Waals surface area contributed by atoms with E-state index < -0.39 is 18.1 Å². The molecule has 1 atom stereocenters. The molecule has 0 aromatic heterocycles. The predicted octanol–water partition coefficient (Wildman–Crippen LogP) is 6.31. The number of ether oxygens (including phenoxy) is 2. The van der Waals surface area contributed by atoms with Gasteiger partial charge in [0, 0.05) is 0 Å². The minimum atomic E-state index is -0.705. The fraction of sp³-hybridized carbons (Fsp3) is 0.826. The quantitative estimate of drug-likeness (QED) is 0.157. The van der Waals surface area contributed by atoms with Gasteiger partial charge >= 0.3 is 12.1 Å². The molecule has 0 radical (unpaired) electrons. The smallest absolute Gasteiger partial charge is 0.408 e. The minimum Gasteiger partial charge on any atom is -0.464 e. The number of unbranched alkanes of at least 4 members (excludes halogenated alkanes) is 13. The van der Waals surface area contributed by atoms with Gasteiger partial charge in [0.15, 0.2) is 0 Å². The van der Waals surface area contributed by atoms with Gasteiger partial charge in [-0.15, -0.1) is 0 Å². The number of carbonyl (C=O) groups excluding carboxylic acids is 2. The van der Waals surface area contributed by atoms with Gasteiger partial charge in [0.1, 0.15) is 12.6 Å². The Balaban J connectivity index is 3.35. The van der Waals surface area contributed by atoms with Crippen LogP contribution in [0.2, 0.25) is 0 Å². The zero-order chi connectivity index (χ0) is 20.9. The van der Waals surface area contributed by atoms with Crippen molar-refractivity contribution in [1.29, 1.82) is 0 Å². The number of amides is 1. The highest BCUT2D eigenvalue weighted by Crippen LogP contribution is 2.13. The first-order chi connectivity index (χ1) is 13.6. The Bertz CT molecular complexity index is 398. The lowest BCUT2D eigenvalue weighted by atomic mass is 10.0. The highest BCUT2D eigenvalue weighted by molar-refractivity contribution is 5.80. The van der Waals surface area contributed by atoms with Gasteiger partial charge in [-0.05, 0) is 13.3 Å². The van der Waals surface area contributed by atoms with E-state index in [0.717, 1.165) is 12.8 Å². The molecule has 1 N–H and O–H groups in total. The molecule has 0 rings (SSSR count). The second-order valence-electron chi connectivity index (χ2n) is 7.52. The van der Waals surface area contributed by atoms with Crippen molar-refractivity contribution in [1.82, 2.24) is 5.32 Å². The van der Waals surface area contributed by atoms with Crippen LogP contribution in [0.25, 0.3) is 0 Å². The second-order valence-corrected chi connectivity index (χ2v) is 7.52. The average Bonchev–Trinajstić information content (AvgIpc) is 2.69. The Morgan fingerprint density at radius 2 is 1.29 bits per heavy atom. The maximum absolute atomic E-state index is 11.8. The van der Waals surface area contributed by atoms with Crippen LogP contribution >= 0.6 is 0 Å². The fourth-order valence-corrected chi connectivity index (χ4v) is 3.01. The SMILES string of the molecule is C=CCOC(=O)N[C@@H](C)C(=O)OCCCCCCCCCCCCCCCC. The van der Waals surface area contributed by atoms with Crippen molar-refractivity contribution < 1.29 is 19.1 Å². The number of esters is 1. The van der Waals surface area contributed by atoms with E-state index in [9.17, 15) is 9.59 Å². The third-order valence-corrected chi connectivity index (χ3v) is 4.76. The van der Waals surface area contributed by atoms with E-state index in [2.05, 4.69) is 18.8 Å². The third kappa shape index (κ3) is 17.9. The zero-order valence-corrected chi connectivity index (χ0v) is 18.3. The van der Waals surface area contributed by atoms with E-state index in [1.165, 1.54) is 83.1 Å². The molecule has 5 heteroatoms. The monoisotopic (exact) mass is 397 g/mol. The molecule has 0 aliphatic carbocycles. The highest BCUT2D eigenvalue weighted by atomic mass is 16.6. The van der Waals surface area contributed by atoms with Crippen LogP contribution in [0.3, 0.4) is 0 Å². The topological polar surface area (TPSA) is 64.6 Å². The molecule has 0 fully saturated rings. The van der Waals surface area contributed by atoms with Crippen molar-refractivity contribution in [3.8, 4) is 0 Å². The van der Waals surface area contributed by atoms with E-state index in [4.69, 9.17) is 9.47 Å². The van der Waals surface area contributed by atoms with Crippen molar-refractivity contribution in [3.05, 3.63) is 12.7 Å². The Morgan fingerprint density at radius 1 is 0.821 bits per heavy atom. The van der Waals surface area contributed by atoms with Crippen LogP contribution in [0, 0.1) is 0 Å². The second kappa shape index (κ2) is 20.2. The predicted molar refractivity (Wildman–Crippen MR) is 115 cm³/mol. The van der Waals surface area contributed by atoms with Crippen molar-refractivity contribution in [2.24, 2.45) is 0 Å². The van der Waals surface area contributed by atoms with Crippen LogP contribution < -0.4 is 5.32 Å². The van der Waals surface area contributed by atoms with E-state index in [0.29, 0.717) is 6.61 Å². The molecule has 0 unspecified atom stereocenters. The van der Waals surface area contributed by atoms with Gasteiger partial charge in [0.25, 0.3) is 0 Å². The lowest BCUT2D eigenvalue weighted by molar-refractivity contribution is -0.145. The number of hydrogen-bond acceptors (Lipinski definition) is 4. The van der Waals surface area contributed by atoms with Crippen LogP contribution in [0.5, 0.6) is 0 Å². The molecule has 28 heavy (non-hydrogen) atoms. The number of nitrogens with one attached hydrogen (secondary N) is 1. The maximum Gasteiger partial charge on any atom is 0.408 e. The lowest BCUT2D eigenvalue weighted by Crippen LogP contribution is -2.40. The summed E-state index contributed by atoms with van der Waals surface area (Å²) in [6.45, 7) is 7.83. The summed E-state index contributed by atoms with van der Waals surface area (Å²) in [5.41, 5.74) is 0. The average molecular weight is 398 g/mol. The fourth-order valence-electron chi connectivity index (χ4n) is 3.01. The molecule has 0 saturated heterocycles. The molecule has 0 aliphatic rings. The highest BCUT2D eigenvalue weighted by Gasteiger charge is 2.17. The van der Waals surface area contributed by atoms with E-state index >= 15 is 0 Å². The van der Waals surface area contributed by atoms with Gasteiger partial charge in [0.05, 0.1) is 6.61 Å². The normalized spacial score (nSPS) is 11.6. The summed E-state index contributed by atoms with van der Waals surface area (Å²) < 4.78 is 9.95. The molecule has 0 spiro atoms. The first-order valence-corrected chi connectivity index (χ1v) is 11.3. The van der Waals surface area contributed by atoms with Gasteiger partial charge < -0.3 is 14.8 Å². The maximum atomic E-state index is 11.8. The summed E-state index contributed by atoms with van der Waals surface area (Å²) in [5.74, 6) is -0.426. The Hall–Kier alpha value is -1.52. The zero-order valence-electron chi connectivity index (χ0n) is 18.3. The molecule has 0 saturated carbocycles. The number of alkyl carbamates (subject to hydrolysis) is 1. The van der Waals surface area contributed by atoms with Gasteiger partial charge in [-0.1, -0.05) is 103 Å². The van der Waals surface area contributed by atoms with E-state index in [-0.39, 0.29) is 6.61 Å². The molecule has 0 bridgehead atoms. The third-order valence-electron chi connectivity index (χ3n) is 4.76. The van der Waals surface area contributed by atoms with Crippen LogP contribution in [0.4, 0.5) is 4.79 Å². The summed E-state index contributed by atoms with van der Waals surface area (Å²) in [6, 6.07) is -0.705. The molecule has 0 aromatic rings. The van der Waals surface area contributed by atoms with Crippen LogP contribution in [-0.4, -0.2) is 31.3 Å². The first kappa shape index (κ1) is 26.5. The van der Waals surface area contributed by atoms with Crippen molar-refractivity contribution in [2.75, 3.05) is 13.2 Å². The molecule has 5 nitrogen and oxygen atoms in total. The van der Waals surface area contributed by atoms with Crippen LogP contribution in [0.1, 0.15) is 104 Å². The molecule has 164 valence electrons. The van der Waals surface area contributed by atoms with Crippen LogP contribution in [0.15, 0.2) is 12.7 Å². The Morgan fingerprint density at radius 3 is 1.75 bits per heavy atom. The Labute approximate surface area is 172 Å². The van der Waals surface area contributed by atoms with E-state index in [1.807, 2.05) is 0 Å². The van der Waals surface area contributed by atoms with Crippen molar-refractivity contribution in [2.45, 2.75) is 110 Å². The van der Waals surface area contributed by atoms with E-state index in [1.54, 1.807) is 6.92 Å². The summed E-state index contributed by atoms with van der Waals surface area (Å²) in [5, 5.41) is 2.43. The lowest BCUT2D eigenvalue weighted by Gasteiger charge is -2.13. The molecular formula is C23H43NO4. The molecular weight excluding hydrogens is 354 g/mol. The summed E-state index contributed by atoms with van der Waals surface area (Å²) in [4.78, 5) is 23.1. The summed E-state index contributed by atoms with van der Waals surface area (Å²) >= 11 is 0. The van der Waals surface area contributed by atoms with Crippen LogP contribution in [-0.2, 0) is 14.3 Å². The van der Waals surface area contributed by atoms with Crippen molar-refractivity contribution in [3.63, 3.8) is 0 Å². The minimum absolute atomic E-state index is 0.118. The summed E-state index contributed by atoms with van der Waals surface area (Å²) in [6.07, 6.45) is 19.0. The Kier molecular flexibility index (Phi) is 19.1. The molecule has 1 amide bonds. The molecule has 0 aliphatic heterocycles. The number of hydrogen-bond donors (Lipinski definition) is 1. The van der Waals surface area contributed by atoms with Crippen molar-refractivity contribution >= 4 is 12.1 Å². The first-order valence-electron chi connectivity index (χ1n) is 11.3.